The van der Waals surface area contributed by atoms with E-state index in [0.29, 0.717) is 0 Å². The fraction of sp³-hybridized carbons (Fsp3) is 0. The minimum atomic E-state index is 0. The van der Waals surface area contributed by atoms with Crippen molar-refractivity contribution in [3.8, 4) is 0 Å². The summed E-state index contributed by atoms with van der Waals surface area (Å²) in [6.45, 7) is 0. The molecule has 0 spiro atoms. The molecule has 0 aliphatic rings. The fourth-order valence-corrected chi connectivity index (χ4v) is 0. The van der Waals surface area contributed by atoms with Gasteiger partial charge in [0.15, 0.2) is 0 Å². The molecule has 0 heterocycles. The second-order valence-corrected chi connectivity index (χ2v) is 0. The molecule has 0 unspecified atom stereocenters. The van der Waals surface area contributed by atoms with E-state index < -0.39 is 0 Å². The van der Waals surface area contributed by atoms with E-state index in [1.807, 2.05) is 0 Å². The van der Waals surface area contributed by atoms with Crippen LogP contribution in [0.4, 0.5) is 0 Å². The molecular weight excluding hydrogens is 184 g/mol. The molecule has 0 fully saturated rings. The van der Waals surface area contributed by atoms with Gasteiger partial charge in [-0.3, -0.25) is 0 Å². The Balaban J connectivity index is 0. The summed E-state index contributed by atoms with van der Waals surface area (Å²) in [5.74, 6) is 0. The van der Waals surface area contributed by atoms with Crippen LogP contribution in [0, 0.1) is 0 Å². The average Bonchev–Trinajstić information content (AvgIpc) is 0. The Morgan fingerprint density at radius 1 is 0.250 bits per heavy atom. The van der Waals surface area contributed by atoms with E-state index in [1.165, 1.54) is 0 Å². The van der Waals surface area contributed by atoms with Crippen LogP contribution in [0.5, 0.6) is 0 Å². The van der Waals surface area contributed by atoms with Crippen LogP contribution in [0.15, 0.2) is 0 Å². The molecule has 0 atom stereocenters. The molecule has 0 saturated heterocycles. The van der Waals surface area contributed by atoms with E-state index in [9.17, 15) is 0 Å². The quantitative estimate of drug-likeness (QED) is 0.337. The Kier molecular flexibility index (Phi) is 300. The molecule has 0 aromatic carbocycles. The maximum atomic E-state index is 0. The first kappa shape index (κ1) is 53.9. The van der Waals surface area contributed by atoms with E-state index in [1.54, 1.807) is 0 Å². The van der Waals surface area contributed by atoms with Gasteiger partial charge in [0.2, 0.25) is 0 Å². The fourth-order valence-electron chi connectivity index (χ4n) is 0. The van der Waals surface area contributed by atoms with Crippen LogP contribution < -0.4 is 0 Å². The van der Waals surface area contributed by atoms with Crippen molar-refractivity contribution in [2.75, 3.05) is 0 Å². The van der Waals surface area contributed by atoms with Gasteiger partial charge < -0.3 is 0 Å². The molecule has 8 heavy (non-hydrogen) atoms. The molecule has 0 N–H and O–H groups in total. The first-order valence-electron chi connectivity index (χ1n) is 0. The van der Waals surface area contributed by atoms with E-state index in [2.05, 4.69) is 0 Å². The van der Waals surface area contributed by atoms with Crippen molar-refractivity contribution < 1.29 is 0 Å². The van der Waals surface area contributed by atoms with E-state index in [-0.39, 0.29) is 281 Å². The molecule has 0 aromatic heterocycles. The van der Waals surface area contributed by atoms with Gasteiger partial charge in [-0.15, -0.1) is 0 Å². The van der Waals surface area contributed by atoms with Crippen LogP contribution >= 0.6 is 0 Å². The van der Waals surface area contributed by atoms with Gasteiger partial charge in [-0.1, -0.05) is 0 Å². The summed E-state index contributed by atoms with van der Waals surface area (Å²) in [5, 5.41) is 0. The molecule has 0 rings (SSSR count). The first-order valence-corrected chi connectivity index (χ1v) is 0. The number of hydrogen-bond donors (Lipinski definition) is 0. The third-order valence-electron chi connectivity index (χ3n) is 0. The van der Waals surface area contributed by atoms with Gasteiger partial charge in [0.05, 0.1) is 0 Å². The summed E-state index contributed by atoms with van der Waals surface area (Å²) < 4.78 is 0. The Morgan fingerprint density at radius 2 is 0.250 bits per heavy atom. The molecule has 0 radical (unpaired) electrons. The van der Waals surface area contributed by atoms with E-state index in [0.717, 1.165) is 0 Å². The van der Waals surface area contributed by atoms with Crippen LogP contribution in [0.3, 0.4) is 0 Å². The Bertz CT molecular complexity index is 8.00. The maximum absolute atomic E-state index is 0. The van der Waals surface area contributed by atoms with Crippen molar-refractivity contribution in [2.45, 2.75) is 0 Å². The van der Waals surface area contributed by atoms with Gasteiger partial charge in [-0.05, 0) is 0 Å². The number of rotatable bonds is 0. The Hall–Kier alpha value is 8.94. The summed E-state index contributed by atoms with van der Waals surface area (Å²) in [7, 11) is 0. The standard InChI is InChI=1S/4K.4Li.8H. The summed E-state index contributed by atoms with van der Waals surface area (Å²) in [6, 6.07) is 0. The zero-order valence-corrected chi connectivity index (χ0v) is 0. The summed E-state index contributed by atoms with van der Waals surface area (Å²) in [5.41, 5.74) is 0. The third kappa shape index (κ3) is 36.3. The molecule has 0 saturated carbocycles. The van der Waals surface area contributed by atoms with Gasteiger partial charge in [0.25, 0.3) is 0 Å². The van der Waals surface area contributed by atoms with Crippen LogP contribution in [0.25, 0.3) is 0 Å². The predicted octanol–water partition coefficient (Wildman–Crippen LogP) is -5.19. The van der Waals surface area contributed by atoms with Gasteiger partial charge in [0.1, 0.15) is 0 Å². The van der Waals surface area contributed by atoms with Crippen molar-refractivity contribution in [1.29, 1.82) is 0 Å². The topological polar surface area (TPSA) is 0 Å². The van der Waals surface area contributed by atoms with Crippen LogP contribution in [-0.4, -0.2) is 281 Å². The molecule has 0 aromatic rings. The van der Waals surface area contributed by atoms with Gasteiger partial charge >= 0.3 is 281 Å². The van der Waals surface area contributed by atoms with Crippen molar-refractivity contribution in [2.24, 2.45) is 0 Å². The second kappa shape index (κ2) is 44.5. The van der Waals surface area contributed by atoms with Gasteiger partial charge in [0, 0.05) is 0 Å². The molecule has 0 bridgehead atoms. The van der Waals surface area contributed by atoms with Crippen LogP contribution in [-0.2, 0) is 0 Å². The zero-order valence-electron chi connectivity index (χ0n) is 0. The summed E-state index contributed by atoms with van der Waals surface area (Å²) in [6.07, 6.45) is 0. The SMILES string of the molecule is [KH].[KH].[KH].[KH].[LiH].[LiH].[LiH].[LiH]. The third-order valence-corrected chi connectivity index (χ3v) is 0. The van der Waals surface area contributed by atoms with Gasteiger partial charge in [-0.2, -0.15) is 0 Å². The molecule has 0 aliphatic heterocycles. The predicted molar refractivity (Wildman–Crippen MR) is 57.2 cm³/mol. The molecule has 8 heteroatoms. The average molecular weight is 192 g/mol. The summed E-state index contributed by atoms with van der Waals surface area (Å²) >= 11 is 0. The van der Waals surface area contributed by atoms with Crippen molar-refractivity contribution >= 4 is 281 Å². The van der Waals surface area contributed by atoms with Crippen molar-refractivity contribution in [3.05, 3.63) is 0 Å². The molecule has 0 nitrogen and oxygen atoms in total. The van der Waals surface area contributed by atoms with Crippen molar-refractivity contribution in [3.63, 3.8) is 0 Å². The molecular formula is H8K4Li4. The first-order chi connectivity index (χ1) is 0. The number of hydrogen-bond acceptors (Lipinski definition) is 0. The van der Waals surface area contributed by atoms with Crippen LogP contribution in [0.2, 0.25) is 0 Å². The molecule has 0 amide bonds. The zero-order chi connectivity index (χ0) is 0. The Labute approximate surface area is 270 Å². The minimum absolute atomic E-state index is 0. The Morgan fingerprint density at radius 3 is 0.250 bits per heavy atom. The molecule has 16 valence electrons. The van der Waals surface area contributed by atoms with Crippen molar-refractivity contribution in [1.82, 2.24) is 0 Å². The molecule has 0 aliphatic carbocycles. The monoisotopic (exact) mass is 192 g/mol. The van der Waals surface area contributed by atoms with Crippen LogP contribution in [0.1, 0.15) is 0 Å². The van der Waals surface area contributed by atoms with E-state index >= 15 is 0 Å². The second-order valence-electron chi connectivity index (χ2n) is 0. The summed E-state index contributed by atoms with van der Waals surface area (Å²) in [4.78, 5) is 0. The normalized spacial score (nSPS) is 0. The van der Waals surface area contributed by atoms with Gasteiger partial charge in [-0.25, -0.2) is 0 Å². The van der Waals surface area contributed by atoms with E-state index in [4.69, 9.17) is 0 Å².